The second kappa shape index (κ2) is 7.92. The third-order valence-electron chi connectivity index (χ3n) is 3.59. The number of hydrogen-bond acceptors (Lipinski definition) is 4. The van der Waals surface area contributed by atoms with E-state index in [4.69, 9.17) is 4.74 Å². The van der Waals surface area contributed by atoms with Crippen LogP contribution in [0.3, 0.4) is 0 Å². The van der Waals surface area contributed by atoms with E-state index < -0.39 is 10.0 Å². The summed E-state index contributed by atoms with van der Waals surface area (Å²) in [6.45, 7) is 1.38. The van der Waals surface area contributed by atoms with Crippen LogP contribution in [0.1, 0.15) is 6.92 Å². The van der Waals surface area contributed by atoms with Gasteiger partial charge in [-0.05, 0) is 48.5 Å². The molecular weight excluding hydrogens is 364 g/mol. The maximum Gasteiger partial charge on any atom is 0.262 e. The minimum absolute atomic E-state index is 0.0751. The standard InChI is InChI=1S/C20H18N2O4S/c1-15(23)21-16-11-13-18(14-12-16)27(24,25)22-19-9-5-6-10-20(19)26-17-7-3-2-4-8-17/h2-14,22H,1H3,(H,21,23). The van der Waals surface area contributed by atoms with E-state index in [1.807, 2.05) is 18.2 Å². The van der Waals surface area contributed by atoms with E-state index in [0.717, 1.165) is 0 Å². The first kappa shape index (κ1) is 18.5. The first-order chi connectivity index (χ1) is 12.9. The lowest BCUT2D eigenvalue weighted by Crippen LogP contribution is -2.14. The van der Waals surface area contributed by atoms with E-state index in [2.05, 4.69) is 10.0 Å². The molecule has 0 fully saturated rings. The summed E-state index contributed by atoms with van der Waals surface area (Å²) in [6, 6.07) is 21.8. The van der Waals surface area contributed by atoms with Crippen LogP contribution in [0.15, 0.2) is 83.8 Å². The molecule has 0 radical (unpaired) electrons. The number of carbonyl (C=O) groups is 1. The fourth-order valence-electron chi connectivity index (χ4n) is 2.38. The first-order valence-corrected chi connectivity index (χ1v) is 9.65. The smallest absolute Gasteiger partial charge is 0.262 e. The lowest BCUT2D eigenvalue weighted by Gasteiger charge is -2.13. The van der Waals surface area contributed by atoms with Crippen molar-refractivity contribution in [2.24, 2.45) is 0 Å². The molecular formula is C20H18N2O4S. The van der Waals surface area contributed by atoms with Gasteiger partial charge in [0.15, 0.2) is 5.75 Å². The van der Waals surface area contributed by atoms with E-state index in [0.29, 0.717) is 22.9 Å². The fourth-order valence-corrected chi connectivity index (χ4v) is 3.45. The maximum absolute atomic E-state index is 12.7. The lowest BCUT2D eigenvalue weighted by molar-refractivity contribution is -0.114. The van der Waals surface area contributed by atoms with E-state index >= 15 is 0 Å². The lowest BCUT2D eigenvalue weighted by atomic mass is 10.3. The summed E-state index contributed by atoms with van der Waals surface area (Å²) in [7, 11) is -3.82. The Bertz CT molecular complexity index is 1030. The number of hydrogen-bond donors (Lipinski definition) is 2. The highest BCUT2D eigenvalue weighted by atomic mass is 32.2. The number of nitrogens with one attached hydrogen (secondary N) is 2. The molecule has 0 aliphatic carbocycles. The third-order valence-corrected chi connectivity index (χ3v) is 4.97. The highest BCUT2D eigenvalue weighted by Crippen LogP contribution is 2.31. The zero-order chi connectivity index (χ0) is 19.3. The van der Waals surface area contributed by atoms with Crippen molar-refractivity contribution in [1.82, 2.24) is 0 Å². The van der Waals surface area contributed by atoms with Crippen LogP contribution < -0.4 is 14.8 Å². The Morgan fingerprint density at radius 1 is 0.852 bits per heavy atom. The molecule has 1 amide bonds. The molecule has 3 aromatic rings. The number of para-hydroxylation sites is 3. The van der Waals surface area contributed by atoms with Gasteiger partial charge in [0.25, 0.3) is 10.0 Å². The van der Waals surface area contributed by atoms with Crippen molar-refractivity contribution in [3.8, 4) is 11.5 Å². The van der Waals surface area contributed by atoms with Gasteiger partial charge >= 0.3 is 0 Å². The average molecular weight is 382 g/mol. The van der Waals surface area contributed by atoms with Gasteiger partial charge in [-0.25, -0.2) is 8.42 Å². The molecule has 3 rings (SSSR count). The van der Waals surface area contributed by atoms with Gasteiger partial charge in [-0.2, -0.15) is 0 Å². The molecule has 0 saturated carbocycles. The Kier molecular flexibility index (Phi) is 5.42. The number of carbonyl (C=O) groups excluding carboxylic acids is 1. The monoisotopic (exact) mass is 382 g/mol. The molecule has 0 aromatic heterocycles. The normalized spacial score (nSPS) is 10.9. The quantitative estimate of drug-likeness (QED) is 0.668. The third kappa shape index (κ3) is 4.86. The molecule has 27 heavy (non-hydrogen) atoms. The van der Waals surface area contributed by atoms with Crippen LogP contribution in [-0.2, 0) is 14.8 Å². The summed E-state index contributed by atoms with van der Waals surface area (Å²) in [5.41, 5.74) is 0.849. The van der Waals surface area contributed by atoms with E-state index in [1.54, 1.807) is 36.4 Å². The fraction of sp³-hybridized carbons (Fsp3) is 0.0500. The predicted molar refractivity (Wildman–Crippen MR) is 105 cm³/mol. The van der Waals surface area contributed by atoms with Gasteiger partial charge in [0.1, 0.15) is 5.75 Å². The van der Waals surface area contributed by atoms with Crippen molar-refractivity contribution < 1.29 is 17.9 Å². The van der Waals surface area contributed by atoms with Crippen LogP contribution in [0.25, 0.3) is 0 Å². The second-order valence-electron chi connectivity index (χ2n) is 5.72. The Hall–Kier alpha value is -3.32. The van der Waals surface area contributed by atoms with Crippen molar-refractivity contribution in [2.45, 2.75) is 11.8 Å². The molecule has 3 aromatic carbocycles. The minimum atomic E-state index is -3.82. The predicted octanol–water partition coefficient (Wildman–Crippen LogP) is 4.24. The molecule has 0 aliphatic heterocycles. The number of anilines is 2. The highest BCUT2D eigenvalue weighted by Gasteiger charge is 2.17. The van der Waals surface area contributed by atoms with Crippen LogP contribution >= 0.6 is 0 Å². The minimum Gasteiger partial charge on any atom is -0.455 e. The summed E-state index contributed by atoms with van der Waals surface area (Å²) in [5, 5.41) is 2.60. The summed E-state index contributed by atoms with van der Waals surface area (Å²) in [4.78, 5) is 11.1. The van der Waals surface area contributed by atoms with E-state index in [1.165, 1.54) is 31.2 Å². The van der Waals surface area contributed by atoms with Gasteiger partial charge in [-0.15, -0.1) is 0 Å². The van der Waals surface area contributed by atoms with Crippen LogP contribution in [0.5, 0.6) is 11.5 Å². The summed E-state index contributed by atoms with van der Waals surface area (Å²) in [5.74, 6) is 0.765. The molecule has 0 atom stereocenters. The van der Waals surface area contributed by atoms with Gasteiger partial charge < -0.3 is 10.1 Å². The molecule has 0 heterocycles. The number of ether oxygens (including phenoxy) is 1. The highest BCUT2D eigenvalue weighted by molar-refractivity contribution is 7.92. The molecule has 0 unspecified atom stereocenters. The number of sulfonamides is 1. The SMILES string of the molecule is CC(=O)Nc1ccc(S(=O)(=O)Nc2ccccc2Oc2ccccc2)cc1. The van der Waals surface area contributed by atoms with Crippen molar-refractivity contribution in [3.63, 3.8) is 0 Å². The number of rotatable bonds is 6. The Morgan fingerprint density at radius 3 is 2.15 bits per heavy atom. The molecule has 0 bridgehead atoms. The van der Waals surface area contributed by atoms with E-state index in [-0.39, 0.29) is 10.8 Å². The Labute approximate surface area is 157 Å². The van der Waals surface area contributed by atoms with E-state index in [9.17, 15) is 13.2 Å². The molecule has 0 aliphatic rings. The Balaban J connectivity index is 1.83. The molecule has 138 valence electrons. The summed E-state index contributed by atoms with van der Waals surface area (Å²) in [6.07, 6.45) is 0. The van der Waals surface area contributed by atoms with Gasteiger partial charge in [0, 0.05) is 12.6 Å². The number of amides is 1. The van der Waals surface area contributed by atoms with Gasteiger partial charge in [-0.3, -0.25) is 9.52 Å². The zero-order valence-electron chi connectivity index (χ0n) is 14.5. The number of benzene rings is 3. The van der Waals surface area contributed by atoms with Gasteiger partial charge in [0.05, 0.1) is 10.6 Å². The van der Waals surface area contributed by atoms with Crippen molar-refractivity contribution in [1.29, 1.82) is 0 Å². The van der Waals surface area contributed by atoms with Crippen LogP contribution in [-0.4, -0.2) is 14.3 Å². The molecule has 2 N–H and O–H groups in total. The van der Waals surface area contributed by atoms with Gasteiger partial charge in [-0.1, -0.05) is 30.3 Å². The topological polar surface area (TPSA) is 84.5 Å². The molecule has 7 heteroatoms. The second-order valence-corrected chi connectivity index (χ2v) is 7.40. The molecule has 0 saturated heterocycles. The van der Waals surface area contributed by atoms with Gasteiger partial charge in [0.2, 0.25) is 5.91 Å². The van der Waals surface area contributed by atoms with Crippen molar-refractivity contribution in [3.05, 3.63) is 78.9 Å². The molecule has 0 spiro atoms. The summed E-state index contributed by atoms with van der Waals surface area (Å²) >= 11 is 0. The largest absolute Gasteiger partial charge is 0.455 e. The molecule has 6 nitrogen and oxygen atoms in total. The van der Waals surface area contributed by atoms with Crippen LogP contribution in [0.2, 0.25) is 0 Å². The first-order valence-electron chi connectivity index (χ1n) is 8.16. The summed E-state index contributed by atoms with van der Waals surface area (Å²) < 4.78 is 33.7. The Morgan fingerprint density at radius 2 is 1.48 bits per heavy atom. The van der Waals surface area contributed by atoms with Crippen LogP contribution in [0, 0.1) is 0 Å². The maximum atomic E-state index is 12.7. The van der Waals surface area contributed by atoms with Crippen LogP contribution in [0.4, 0.5) is 11.4 Å². The zero-order valence-corrected chi connectivity index (χ0v) is 15.4. The van der Waals surface area contributed by atoms with Crippen molar-refractivity contribution in [2.75, 3.05) is 10.0 Å². The van der Waals surface area contributed by atoms with Crippen molar-refractivity contribution >= 4 is 27.3 Å². The average Bonchev–Trinajstić information content (AvgIpc) is 2.64.